The zero-order chi connectivity index (χ0) is 22.8. The number of carbonyl (C=O) groups excluding carboxylic acids is 2. The number of benzene rings is 1. The van der Waals surface area contributed by atoms with Gasteiger partial charge in [-0.1, -0.05) is 13.5 Å². The fourth-order valence-corrected chi connectivity index (χ4v) is 6.06. The normalized spacial score (nSPS) is 31.9. The highest BCUT2D eigenvalue weighted by Crippen LogP contribution is 2.65. The van der Waals surface area contributed by atoms with Crippen LogP contribution >= 0.6 is 0 Å². The average Bonchev–Trinajstić information content (AvgIpc) is 3.10. The van der Waals surface area contributed by atoms with Crippen LogP contribution in [0.1, 0.15) is 44.7 Å². The molecular formula is C24H32N2O7. The predicted octanol–water partition coefficient (Wildman–Crippen LogP) is 1.13. The second-order valence-electron chi connectivity index (χ2n) is 9.19. The minimum absolute atomic E-state index is 0. The minimum Gasteiger partial charge on any atom is -0.504 e. The van der Waals surface area contributed by atoms with Crippen molar-refractivity contribution in [2.45, 2.75) is 69.3 Å². The third kappa shape index (κ3) is 3.09. The van der Waals surface area contributed by atoms with Crippen molar-refractivity contribution < 1.29 is 34.0 Å². The summed E-state index contributed by atoms with van der Waals surface area (Å²) in [6, 6.07) is 3.36. The molecular weight excluding hydrogens is 428 g/mol. The molecule has 0 unspecified atom stereocenters. The van der Waals surface area contributed by atoms with Crippen LogP contribution in [0.15, 0.2) is 24.0 Å². The van der Waals surface area contributed by atoms with Gasteiger partial charge in [0.05, 0.1) is 17.4 Å². The lowest BCUT2D eigenvalue weighted by Gasteiger charge is -2.61. The number of nitrogens with zero attached hydrogens (tertiary/aromatic N) is 1. The average molecular weight is 461 g/mol. The number of hydrogen-bond acceptors (Lipinski definition) is 9. The summed E-state index contributed by atoms with van der Waals surface area (Å²) in [6.45, 7) is 2.30. The van der Waals surface area contributed by atoms with Crippen LogP contribution in [0.4, 0.5) is 0 Å². The van der Waals surface area contributed by atoms with Gasteiger partial charge in [-0.15, -0.1) is 0 Å². The summed E-state index contributed by atoms with van der Waals surface area (Å²) in [5, 5.41) is 22.6. The topological polar surface area (TPSA) is 132 Å². The van der Waals surface area contributed by atoms with Gasteiger partial charge in [-0.3, -0.25) is 4.79 Å². The van der Waals surface area contributed by atoms with Crippen molar-refractivity contribution in [1.29, 1.82) is 0 Å². The molecule has 1 aromatic rings. The molecule has 2 heterocycles. The van der Waals surface area contributed by atoms with Gasteiger partial charge in [0.1, 0.15) is 5.76 Å². The number of piperidine rings is 1. The van der Waals surface area contributed by atoms with Crippen LogP contribution in [-0.2, 0) is 30.9 Å². The maximum atomic E-state index is 12.7. The van der Waals surface area contributed by atoms with Crippen molar-refractivity contribution in [3.63, 3.8) is 0 Å². The summed E-state index contributed by atoms with van der Waals surface area (Å²) < 4.78 is 17.0. The van der Waals surface area contributed by atoms with Gasteiger partial charge in [0, 0.05) is 24.6 Å². The Morgan fingerprint density at radius 3 is 2.88 bits per heavy atom. The van der Waals surface area contributed by atoms with E-state index in [1.165, 1.54) is 6.92 Å². The molecule has 180 valence electrons. The van der Waals surface area contributed by atoms with Gasteiger partial charge in [-0.05, 0) is 51.1 Å². The molecule has 2 bridgehead atoms. The largest absolute Gasteiger partial charge is 0.504 e. The Bertz CT molecular complexity index is 1020. The van der Waals surface area contributed by atoms with E-state index in [1.807, 2.05) is 13.1 Å². The number of aliphatic hydroxyl groups is 1. The van der Waals surface area contributed by atoms with E-state index >= 15 is 0 Å². The molecule has 5 atom stereocenters. The van der Waals surface area contributed by atoms with Crippen LogP contribution in [-0.4, -0.2) is 71.0 Å². The number of phenols is 1. The Hall–Kier alpha value is -2.62. The quantitative estimate of drug-likeness (QED) is 0.553. The first kappa shape index (κ1) is 23.5. The number of phenolic OH excluding ortho intramolecular Hbond substituents is 1. The zero-order valence-electron chi connectivity index (χ0n) is 18.2. The molecule has 2 aliphatic carbocycles. The summed E-state index contributed by atoms with van der Waals surface area (Å²) >= 11 is 0. The number of rotatable bonds is 5. The number of esters is 2. The fourth-order valence-electron chi connectivity index (χ4n) is 6.06. The second-order valence-corrected chi connectivity index (χ2v) is 9.19. The molecule has 9 heteroatoms. The fraction of sp³-hybridized carbons (Fsp3) is 0.583. The van der Waals surface area contributed by atoms with Crippen molar-refractivity contribution in [1.82, 2.24) is 4.90 Å². The van der Waals surface area contributed by atoms with Crippen molar-refractivity contribution >= 4 is 11.9 Å². The highest BCUT2D eigenvalue weighted by atomic mass is 16.6. The van der Waals surface area contributed by atoms with E-state index in [1.54, 1.807) is 12.1 Å². The first-order valence-corrected chi connectivity index (χ1v) is 11.0. The van der Waals surface area contributed by atoms with E-state index in [-0.39, 0.29) is 44.4 Å². The van der Waals surface area contributed by atoms with Crippen LogP contribution in [0.3, 0.4) is 0 Å². The molecule has 0 radical (unpaired) electrons. The Kier molecular flexibility index (Phi) is 5.71. The van der Waals surface area contributed by atoms with Crippen molar-refractivity contribution in [3.8, 4) is 11.5 Å². The highest BCUT2D eigenvalue weighted by molar-refractivity contribution is 5.80. The molecule has 0 amide bonds. The van der Waals surface area contributed by atoms with E-state index in [0.29, 0.717) is 18.6 Å². The van der Waals surface area contributed by atoms with Gasteiger partial charge >= 0.3 is 11.9 Å². The molecule has 1 aromatic carbocycles. The highest BCUT2D eigenvalue weighted by Gasteiger charge is 2.72. The number of likely N-dealkylation sites (N-methyl/N-ethyl adjacent to an activating group) is 1. The SMILES string of the molecule is C.C[C@H](OC(=O)CCN)C(=O)OC1=CC[C@@]2(O)[C@H]3Cc4ccc(O)c5c4[C@@]2(CCN3C)[C@H]1O5. The van der Waals surface area contributed by atoms with E-state index in [2.05, 4.69) is 4.90 Å². The molecule has 1 spiro atoms. The van der Waals surface area contributed by atoms with E-state index in [9.17, 15) is 19.8 Å². The number of ether oxygens (including phenoxy) is 3. The summed E-state index contributed by atoms with van der Waals surface area (Å²) in [6.07, 6.45) is 1.32. The van der Waals surface area contributed by atoms with Crippen LogP contribution in [0, 0.1) is 0 Å². The summed E-state index contributed by atoms with van der Waals surface area (Å²) in [7, 11) is 2.00. The summed E-state index contributed by atoms with van der Waals surface area (Å²) in [5.74, 6) is -0.685. The molecule has 1 fully saturated rings. The van der Waals surface area contributed by atoms with Gasteiger partial charge in [0.2, 0.25) is 0 Å². The van der Waals surface area contributed by atoms with Gasteiger partial charge < -0.3 is 35.1 Å². The Labute approximate surface area is 193 Å². The molecule has 4 aliphatic rings. The lowest BCUT2D eigenvalue weighted by atomic mass is 9.50. The number of likely N-dealkylation sites (tertiary alicyclic amines) is 1. The standard InChI is InChI=1S/C23H28N2O7.CH4/c1-12(30-17(27)6-9-24)21(28)31-15-5-7-23(29)16-11-13-3-4-14(26)19-18(13)22(23,20(15)32-19)8-10-25(16)2;/h3-5,12,16,20,26,29H,6-11,24H2,1-2H3;1H4/t12-,16+,20-,22-,23+;/m0./s1. The van der Waals surface area contributed by atoms with Crippen LogP contribution in [0.2, 0.25) is 0 Å². The number of hydrogen-bond donors (Lipinski definition) is 3. The lowest BCUT2D eigenvalue weighted by Crippen LogP contribution is -2.74. The van der Waals surface area contributed by atoms with Gasteiger partial charge in [0.15, 0.2) is 23.7 Å². The van der Waals surface area contributed by atoms with Gasteiger partial charge in [-0.2, -0.15) is 0 Å². The maximum absolute atomic E-state index is 12.7. The zero-order valence-corrected chi connectivity index (χ0v) is 18.2. The van der Waals surface area contributed by atoms with Gasteiger partial charge in [0.25, 0.3) is 0 Å². The maximum Gasteiger partial charge on any atom is 0.352 e. The summed E-state index contributed by atoms with van der Waals surface area (Å²) in [5.41, 5.74) is 5.23. The molecule has 1 saturated heterocycles. The van der Waals surface area contributed by atoms with Crippen molar-refractivity contribution in [2.24, 2.45) is 5.73 Å². The van der Waals surface area contributed by atoms with E-state index < -0.39 is 35.2 Å². The molecule has 4 N–H and O–H groups in total. The molecule has 0 aromatic heterocycles. The Morgan fingerprint density at radius 1 is 1.39 bits per heavy atom. The first-order chi connectivity index (χ1) is 15.2. The van der Waals surface area contributed by atoms with Crippen molar-refractivity contribution in [3.05, 3.63) is 35.1 Å². The number of aromatic hydroxyl groups is 1. The number of carbonyl (C=O) groups is 2. The van der Waals surface area contributed by atoms with Crippen molar-refractivity contribution in [2.75, 3.05) is 20.1 Å². The third-order valence-electron chi connectivity index (χ3n) is 7.56. The Morgan fingerprint density at radius 2 is 2.15 bits per heavy atom. The minimum atomic E-state index is -1.13. The number of nitrogens with two attached hydrogens (primary N) is 1. The Balaban J connectivity index is 0.00000259. The van der Waals surface area contributed by atoms with E-state index in [4.69, 9.17) is 19.9 Å². The first-order valence-electron chi connectivity index (χ1n) is 11.0. The van der Waals surface area contributed by atoms with Gasteiger partial charge in [-0.25, -0.2) is 4.79 Å². The second kappa shape index (κ2) is 8.00. The molecule has 33 heavy (non-hydrogen) atoms. The molecule has 9 nitrogen and oxygen atoms in total. The molecule has 2 aliphatic heterocycles. The molecule has 0 saturated carbocycles. The monoisotopic (exact) mass is 460 g/mol. The van der Waals surface area contributed by atoms with Crippen LogP contribution < -0.4 is 10.5 Å². The third-order valence-corrected chi connectivity index (χ3v) is 7.56. The summed E-state index contributed by atoms with van der Waals surface area (Å²) in [4.78, 5) is 26.6. The van der Waals surface area contributed by atoms with Crippen LogP contribution in [0.25, 0.3) is 0 Å². The van der Waals surface area contributed by atoms with Crippen LogP contribution in [0.5, 0.6) is 11.5 Å². The molecule has 5 rings (SSSR count). The smallest absolute Gasteiger partial charge is 0.352 e. The predicted molar refractivity (Wildman–Crippen MR) is 119 cm³/mol. The van der Waals surface area contributed by atoms with E-state index in [0.717, 1.165) is 17.7 Å². The lowest BCUT2D eigenvalue weighted by molar-refractivity contribution is -0.175.